The van der Waals surface area contributed by atoms with Crippen molar-refractivity contribution in [3.05, 3.63) is 54.4 Å². The molecule has 1 aromatic heterocycles. The molecule has 11 nitrogen and oxygen atoms in total. The highest BCUT2D eigenvalue weighted by Gasteiger charge is 2.18. The van der Waals surface area contributed by atoms with Gasteiger partial charge in [0.2, 0.25) is 0 Å². The van der Waals surface area contributed by atoms with Gasteiger partial charge in [0.05, 0.1) is 26.0 Å². The largest absolute Gasteiger partial charge is 0.493 e. The third-order valence-electron chi connectivity index (χ3n) is 4.86. The molecule has 11 heteroatoms. The lowest BCUT2D eigenvalue weighted by Crippen LogP contribution is -2.43. The fraction of sp³-hybridized carbons (Fsp3) is 0.286. The van der Waals surface area contributed by atoms with E-state index in [-0.39, 0.29) is 18.4 Å². The number of ether oxygens (including phenoxy) is 3. The molecule has 0 saturated carbocycles. The summed E-state index contributed by atoms with van der Waals surface area (Å²) in [6, 6.07) is 11.9. The maximum Gasteiger partial charge on any atom is 0.260 e. The van der Waals surface area contributed by atoms with Crippen molar-refractivity contribution in [1.82, 2.24) is 25.1 Å². The number of rotatable bonds is 7. The third-order valence-corrected chi connectivity index (χ3v) is 4.86. The van der Waals surface area contributed by atoms with Gasteiger partial charge in [-0.2, -0.15) is 0 Å². The lowest BCUT2D eigenvalue weighted by molar-refractivity contribution is -0.137. The molecule has 1 aliphatic rings. The molecule has 2 aromatic carbocycles. The molecule has 1 N–H and O–H groups in total. The quantitative estimate of drug-likeness (QED) is 0.583. The van der Waals surface area contributed by atoms with Crippen LogP contribution in [0.1, 0.15) is 10.4 Å². The first-order valence-electron chi connectivity index (χ1n) is 9.95. The van der Waals surface area contributed by atoms with Crippen LogP contribution in [0.15, 0.2) is 48.8 Å². The predicted molar refractivity (Wildman–Crippen MR) is 113 cm³/mol. The Morgan fingerprint density at radius 3 is 2.72 bits per heavy atom. The molecule has 4 rings (SSSR count). The Bertz CT molecular complexity index is 1080. The van der Waals surface area contributed by atoms with Crippen molar-refractivity contribution >= 4 is 17.5 Å². The molecule has 32 heavy (non-hydrogen) atoms. The summed E-state index contributed by atoms with van der Waals surface area (Å²) < 4.78 is 17.7. The minimum atomic E-state index is -0.326. The Labute approximate surface area is 183 Å². The number of benzene rings is 2. The smallest absolute Gasteiger partial charge is 0.260 e. The number of nitrogens with zero attached hydrogens (tertiary/aromatic N) is 5. The Balaban J connectivity index is 1.41. The second-order valence-corrected chi connectivity index (χ2v) is 6.91. The molecule has 166 valence electrons. The predicted octanol–water partition coefficient (Wildman–Crippen LogP) is 1.16. The van der Waals surface area contributed by atoms with Crippen LogP contribution in [0.25, 0.3) is 5.69 Å². The highest BCUT2D eigenvalue weighted by molar-refractivity contribution is 6.04. The van der Waals surface area contributed by atoms with Gasteiger partial charge in [0, 0.05) is 24.3 Å². The van der Waals surface area contributed by atoms with Crippen LogP contribution in [0.3, 0.4) is 0 Å². The van der Waals surface area contributed by atoms with Crippen LogP contribution in [-0.4, -0.2) is 76.9 Å². The van der Waals surface area contributed by atoms with Gasteiger partial charge in [-0.3, -0.25) is 9.59 Å². The summed E-state index contributed by atoms with van der Waals surface area (Å²) >= 11 is 0. The zero-order valence-corrected chi connectivity index (χ0v) is 17.4. The van der Waals surface area contributed by atoms with E-state index >= 15 is 0 Å². The second kappa shape index (κ2) is 9.88. The van der Waals surface area contributed by atoms with E-state index in [0.717, 1.165) is 0 Å². The van der Waals surface area contributed by atoms with Crippen LogP contribution in [0.2, 0.25) is 0 Å². The zero-order valence-electron chi connectivity index (χ0n) is 17.4. The van der Waals surface area contributed by atoms with E-state index in [1.54, 1.807) is 41.3 Å². The molecule has 2 heterocycles. The van der Waals surface area contributed by atoms with Gasteiger partial charge in [-0.05, 0) is 46.8 Å². The number of nitrogens with one attached hydrogen (secondary N) is 1. The summed E-state index contributed by atoms with van der Waals surface area (Å²) in [5.41, 5.74) is 1.67. The van der Waals surface area contributed by atoms with Crippen molar-refractivity contribution in [3.63, 3.8) is 0 Å². The number of carbonyl (C=O) groups is 2. The molecular weight excluding hydrogens is 416 g/mol. The van der Waals surface area contributed by atoms with Gasteiger partial charge in [0.1, 0.15) is 6.33 Å². The highest BCUT2D eigenvalue weighted by atomic mass is 16.5. The normalized spacial score (nSPS) is 13.5. The van der Waals surface area contributed by atoms with Gasteiger partial charge < -0.3 is 24.4 Å². The number of anilines is 1. The fourth-order valence-corrected chi connectivity index (χ4v) is 3.18. The van der Waals surface area contributed by atoms with E-state index < -0.39 is 0 Å². The highest BCUT2D eigenvalue weighted by Crippen LogP contribution is 2.28. The molecule has 1 saturated heterocycles. The van der Waals surface area contributed by atoms with Crippen molar-refractivity contribution in [2.75, 3.05) is 45.3 Å². The van der Waals surface area contributed by atoms with Crippen molar-refractivity contribution in [1.29, 1.82) is 0 Å². The lowest BCUT2D eigenvalue weighted by atomic mass is 10.1. The summed E-state index contributed by atoms with van der Waals surface area (Å²) in [4.78, 5) is 26.7. The first kappa shape index (κ1) is 21.2. The van der Waals surface area contributed by atoms with Gasteiger partial charge in [0.15, 0.2) is 18.1 Å². The molecule has 0 unspecified atom stereocenters. The number of hydrogen-bond donors (Lipinski definition) is 1. The summed E-state index contributed by atoms with van der Waals surface area (Å²) in [6.45, 7) is 2.03. The van der Waals surface area contributed by atoms with E-state index in [9.17, 15) is 9.59 Å². The van der Waals surface area contributed by atoms with Gasteiger partial charge in [0.25, 0.3) is 11.8 Å². The number of hydrogen-bond acceptors (Lipinski definition) is 8. The van der Waals surface area contributed by atoms with E-state index in [1.165, 1.54) is 18.1 Å². The Kier molecular flexibility index (Phi) is 6.56. The molecule has 1 aliphatic heterocycles. The van der Waals surface area contributed by atoms with Crippen LogP contribution in [-0.2, 0) is 9.53 Å². The van der Waals surface area contributed by atoms with Crippen LogP contribution >= 0.6 is 0 Å². The molecule has 3 aromatic rings. The molecule has 2 amide bonds. The molecule has 0 spiro atoms. The monoisotopic (exact) mass is 438 g/mol. The summed E-state index contributed by atoms with van der Waals surface area (Å²) in [5, 5.41) is 13.9. The Morgan fingerprint density at radius 2 is 1.97 bits per heavy atom. The number of carbonyl (C=O) groups excluding carboxylic acids is 2. The lowest BCUT2D eigenvalue weighted by Gasteiger charge is -2.26. The van der Waals surface area contributed by atoms with Crippen LogP contribution in [0.4, 0.5) is 5.69 Å². The van der Waals surface area contributed by atoms with E-state index in [0.29, 0.717) is 54.7 Å². The van der Waals surface area contributed by atoms with E-state index in [1.807, 2.05) is 6.07 Å². The maximum absolute atomic E-state index is 12.7. The minimum Gasteiger partial charge on any atom is -0.493 e. The number of aromatic nitrogens is 4. The van der Waals surface area contributed by atoms with Crippen LogP contribution in [0, 0.1) is 0 Å². The number of methoxy groups -OCH3 is 1. The number of tetrazole rings is 1. The Morgan fingerprint density at radius 1 is 1.12 bits per heavy atom. The SMILES string of the molecule is COc1cc(C(=O)Nc2cccc(-n3cnnn3)c2)ccc1OCC(=O)N1CCOCC1. The second-order valence-electron chi connectivity index (χ2n) is 6.91. The van der Waals surface area contributed by atoms with Gasteiger partial charge >= 0.3 is 0 Å². The molecule has 0 atom stereocenters. The minimum absolute atomic E-state index is 0.119. The molecule has 1 fully saturated rings. The average molecular weight is 438 g/mol. The summed E-state index contributed by atoms with van der Waals surface area (Å²) in [7, 11) is 1.48. The molecule has 0 radical (unpaired) electrons. The fourth-order valence-electron chi connectivity index (χ4n) is 3.18. The Hall–Kier alpha value is -3.99. The van der Waals surface area contributed by atoms with Crippen molar-refractivity contribution in [3.8, 4) is 17.2 Å². The molecular formula is C21H22N6O5. The van der Waals surface area contributed by atoms with Crippen molar-refractivity contribution < 1.29 is 23.8 Å². The molecule has 0 aliphatic carbocycles. The van der Waals surface area contributed by atoms with Gasteiger partial charge in [-0.25, -0.2) is 4.68 Å². The topological polar surface area (TPSA) is 121 Å². The van der Waals surface area contributed by atoms with Crippen LogP contribution in [0.5, 0.6) is 11.5 Å². The van der Waals surface area contributed by atoms with Gasteiger partial charge in [-0.15, -0.1) is 5.10 Å². The first-order chi connectivity index (χ1) is 15.6. The standard InChI is InChI=1S/C21H22N6O5/c1-30-19-11-15(5-6-18(19)32-13-20(28)26-7-9-31-10-8-26)21(29)23-16-3-2-4-17(12-16)27-14-22-24-25-27/h2-6,11-12,14H,7-10,13H2,1H3,(H,23,29). The van der Waals surface area contributed by atoms with E-state index in [2.05, 4.69) is 20.8 Å². The summed E-state index contributed by atoms with van der Waals surface area (Å²) in [5.74, 6) is 0.286. The van der Waals surface area contributed by atoms with E-state index in [4.69, 9.17) is 14.2 Å². The summed E-state index contributed by atoms with van der Waals surface area (Å²) in [6.07, 6.45) is 1.47. The maximum atomic E-state index is 12.7. The number of morpholine rings is 1. The third kappa shape index (κ3) is 5.01. The first-order valence-corrected chi connectivity index (χ1v) is 9.95. The molecule has 0 bridgehead atoms. The van der Waals surface area contributed by atoms with Crippen molar-refractivity contribution in [2.45, 2.75) is 0 Å². The zero-order chi connectivity index (χ0) is 22.3. The van der Waals surface area contributed by atoms with Crippen LogP contribution < -0.4 is 14.8 Å². The van der Waals surface area contributed by atoms with Crippen molar-refractivity contribution in [2.24, 2.45) is 0 Å². The van der Waals surface area contributed by atoms with Gasteiger partial charge in [-0.1, -0.05) is 6.07 Å². The number of amides is 2. The average Bonchev–Trinajstić information content (AvgIpc) is 3.38.